The van der Waals surface area contributed by atoms with E-state index in [0.29, 0.717) is 11.8 Å². The topological polar surface area (TPSA) is 20.3 Å². The van der Waals surface area contributed by atoms with Crippen LogP contribution in [-0.2, 0) is 0 Å². The summed E-state index contributed by atoms with van der Waals surface area (Å²) in [6, 6.07) is 1.97. The number of hydrogen-bond acceptors (Lipinski definition) is 2. The lowest BCUT2D eigenvalue weighted by atomic mass is 10.1. The van der Waals surface area contributed by atoms with Crippen LogP contribution in [-0.4, -0.2) is 23.9 Å². The van der Waals surface area contributed by atoms with Gasteiger partial charge in [-0.2, -0.15) is 0 Å². The Morgan fingerprint density at radius 3 is 2.18 bits per heavy atom. The van der Waals surface area contributed by atoms with Crippen molar-refractivity contribution in [1.82, 2.24) is 4.90 Å². The highest BCUT2D eigenvalue weighted by atomic mass is 127. The second-order valence-electron chi connectivity index (χ2n) is 5.14. The molecular formula is C13H20INOS. The molecule has 4 heteroatoms. The molecule has 1 heterocycles. The summed E-state index contributed by atoms with van der Waals surface area (Å²) in [5.41, 5.74) is 0.834. The van der Waals surface area contributed by atoms with Gasteiger partial charge in [0.1, 0.15) is 0 Å². The van der Waals surface area contributed by atoms with Gasteiger partial charge in [-0.25, -0.2) is 0 Å². The van der Waals surface area contributed by atoms with E-state index in [9.17, 15) is 4.79 Å². The van der Waals surface area contributed by atoms with Gasteiger partial charge < -0.3 is 4.90 Å². The van der Waals surface area contributed by atoms with E-state index in [1.807, 2.05) is 16.3 Å². The highest BCUT2D eigenvalue weighted by Gasteiger charge is 2.18. The average molecular weight is 365 g/mol. The zero-order valence-corrected chi connectivity index (χ0v) is 13.8. The molecule has 0 aliphatic rings. The van der Waals surface area contributed by atoms with Crippen molar-refractivity contribution >= 4 is 39.8 Å². The van der Waals surface area contributed by atoms with E-state index in [1.165, 1.54) is 2.88 Å². The Balaban J connectivity index is 2.78. The smallest absolute Gasteiger partial charge is 0.254 e. The Kier molecular flexibility index (Phi) is 5.92. The molecule has 0 aliphatic carbocycles. The molecule has 0 unspecified atom stereocenters. The Hall–Kier alpha value is -0.100. The lowest BCUT2D eigenvalue weighted by Crippen LogP contribution is -2.36. The minimum atomic E-state index is 0.173. The molecule has 0 radical (unpaired) electrons. The molecule has 1 aromatic rings. The van der Waals surface area contributed by atoms with Crippen LogP contribution in [0.15, 0.2) is 11.4 Å². The minimum Gasteiger partial charge on any atom is -0.338 e. The van der Waals surface area contributed by atoms with Gasteiger partial charge in [-0.3, -0.25) is 4.79 Å². The third kappa shape index (κ3) is 4.95. The van der Waals surface area contributed by atoms with E-state index in [-0.39, 0.29) is 5.91 Å². The number of carbonyl (C=O) groups is 1. The molecule has 0 aliphatic heterocycles. The maximum absolute atomic E-state index is 12.4. The minimum absolute atomic E-state index is 0.173. The standard InChI is InChI=1S/C13H20INOS/c1-9(2)6-15(7-10(3)4)13(16)11-5-12(14)17-8-11/h5,8-10H,6-7H2,1-4H3. The number of hydrogen-bond donors (Lipinski definition) is 0. The van der Waals surface area contributed by atoms with E-state index in [1.54, 1.807) is 11.3 Å². The molecular weight excluding hydrogens is 345 g/mol. The molecule has 1 amide bonds. The molecule has 17 heavy (non-hydrogen) atoms. The van der Waals surface area contributed by atoms with Crippen molar-refractivity contribution in [3.8, 4) is 0 Å². The largest absolute Gasteiger partial charge is 0.338 e. The van der Waals surface area contributed by atoms with Crippen LogP contribution >= 0.6 is 33.9 Å². The van der Waals surface area contributed by atoms with Crippen molar-refractivity contribution in [2.45, 2.75) is 27.7 Å². The lowest BCUT2D eigenvalue weighted by Gasteiger charge is -2.26. The van der Waals surface area contributed by atoms with Crippen LogP contribution < -0.4 is 0 Å². The zero-order chi connectivity index (χ0) is 13.0. The normalized spacial score (nSPS) is 11.2. The van der Waals surface area contributed by atoms with E-state index >= 15 is 0 Å². The third-order valence-corrected chi connectivity index (χ3v) is 4.06. The number of carbonyl (C=O) groups excluding carboxylic acids is 1. The molecule has 0 spiro atoms. The Labute approximate surface area is 122 Å². The summed E-state index contributed by atoms with van der Waals surface area (Å²) in [6.07, 6.45) is 0. The van der Waals surface area contributed by atoms with Gasteiger partial charge in [-0.15, -0.1) is 11.3 Å². The van der Waals surface area contributed by atoms with Crippen LogP contribution in [0.3, 0.4) is 0 Å². The SMILES string of the molecule is CC(C)CN(CC(C)C)C(=O)c1csc(I)c1. The van der Waals surface area contributed by atoms with Crippen LogP contribution in [0.1, 0.15) is 38.1 Å². The number of halogens is 1. The predicted octanol–water partition coefficient (Wildman–Crippen LogP) is 4.11. The predicted molar refractivity (Wildman–Crippen MR) is 82.6 cm³/mol. The fraction of sp³-hybridized carbons (Fsp3) is 0.615. The summed E-state index contributed by atoms with van der Waals surface area (Å²) < 4.78 is 1.17. The van der Waals surface area contributed by atoms with Gasteiger partial charge in [0.2, 0.25) is 0 Å². The molecule has 0 saturated carbocycles. The summed E-state index contributed by atoms with van der Waals surface area (Å²) in [5.74, 6) is 1.19. The van der Waals surface area contributed by atoms with Crippen LogP contribution in [0.2, 0.25) is 0 Å². The first-order valence-corrected chi connectivity index (χ1v) is 7.89. The molecule has 1 rings (SSSR count). The Morgan fingerprint density at radius 1 is 1.29 bits per heavy atom. The second-order valence-corrected chi connectivity index (χ2v) is 7.94. The molecule has 0 saturated heterocycles. The second kappa shape index (κ2) is 6.73. The van der Waals surface area contributed by atoms with E-state index in [0.717, 1.165) is 18.7 Å². The maximum Gasteiger partial charge on any atom is 0.254 e. The molecule has 0 fully saturated rings. The first-order valence-electron chi connectivity index (χ1n) is 5.93. The van der Waals surface area contributed by atoms with Crippen LogP contribution in [0.5, 0.6) is 0 Å². The third-order valence-electron chi connectivity index (χ3n) is 2.27. The van der Waals surface area contributed by atoms with E-state index in [2.05, 4.69) is 50.3 Å². The van der Waals surface area contributed by atoms with Crippen molar-refractivity contribution in [3.63, 3.8) is 0 Å². The summed E-state index contributed by atoms with van der Waals surface area (Å²) in [6.45, 7) is 10.3. The highest BCUT2D eigenvalue weighted by Crippen LogP contribution is 2.19. The fourth-order valence-electron chi connectivity index (χ4n) is 1.73. The molecule has 2 nitrogen and oxygen atoms in total. The van der Waals surface area contributed by atoms with Crippen LogP contribution in [0.4, 0.5) is 0 Å². The highest BCUT2D eigenvalue weighted by molar-refractivity contribution is 14.1. The monoisotopic (exact) mass is 365 g/mol. The first-order chi connectivity index (χ1) is 7.90. The van der Waals surface area contributed by atoms with Crippen molar-refractivity contribution in [1.29, 1.82) is 0 Å². The zero-order valence-electron chi connectivity index (χ0n) is 10.9. The van der Waals surface area contributed by atoms with Gasteiger partial charge in [0, 0.05) is 18.5 Å². The number of amides is 1. The van der Waals surface area contributed by atoms with Crippen molar-refractivity contribution < 1.29 is 4.79 Å². The number of nitrogens with zero attached hydrogens (tertiary/aromatic N) is 1. The van der Waals surface area contributed by atoms with Crippen molar-refractivity contribution in [2.24, 2.45) is 11.8 Å². The van der Waals surface area contributed by atoms with Gasteiger partial charge in [-0.05, 0) is 40.5 Å². The number of rotatable bonds is 5. The van der Waals surface area contributed by atoms with Crippen molar-refractivity contribution in [3.05, 3.63) is 19.9 Å². The molecule has 1 aromatic heterocycles. The number of thiophene rings is 1. The summed E-state index contributed by atoms with van der Waals surface area (Å²) >= 11 is 3.88. The molecule has 96 valence electrons. The first kappa shape index (κ1) is 15.0. The van der Waals surface area contributed by atoms with Crippen LogP contribution in [0.25, 0.3) is 0 Å². The average Bonchev–Trinajstić information content (AvgIpc) is 2.61. The van der Waals surface area contributed by atoms with Gasteiger partial charge >= 0.3 is 0 Å². The van der Waals surface area contributed by atoms with Gasteiger partial charge in [0.25, 0.3) is 5.91 Å². The Bertz CT molecular complexity index is 363. The quantitative estimate of drug-likeness (QED) is 0.720. The molecule has 0 bridgehead atoms. The molecule has 0 N–H and O–H groups in total. The molecule has 0 atom stereocenters. The Morgan fingerprint density at radius 2 is 1.82 bits per heavy atom. The maximum atomic E-state index is 12.4. The van der Waals surface area contributed by atoms with Crippen LogP contribution in [0, 0.1) is 14.7 Å². The van der Waals surface area contributed by atoms with Gasteiger partial charge in [-0.1, -0.05) is 27.7 Å². The summed E-state index contributed by atoms with van der Waals surface area (Å²) in [7, 11) is 0. The van der Waals surface area contributed by atoms with E-state index in [4.69, 9.17) is 0 Å². The van der Waals surface area contributed by atoms with Crippen molar-refractivity contribution in [2.75, 3.05) is 13.1 Å². The van der Waals surface area contributed by atoms with Gasteiger partial charge in [0.15, 0.2) is 0 Å². The van der Waals surface area contributed by atoms with Gasteiger partial charge in [0.05, 0.1) is 8.45 Å². The lowest BCUT2D eigenvalue weighted by molar-refractivity contribution is 0.0715. The molecule has 0 aromatic carbocycles. The fourth-order valence-corrected chi connectivity index (χ4v) is 3.05. The summed E-state index contributed by atoms with van der Waals surface area (Å²) in [4.78, 5) is 14.3. The van der Waals surface area contributed by atoms with E-state index < -0.39 is 0 Å². The summed E-state index contributed by atoms with van der Waals surface area (Å²) in [5, 5.41) is 1.96.